The predicted molar refractivity (Wildman–Crippen MR) is 169 cm³/mol. The summed E-state index contributed by atoms with van der Waals surface area (Å²) in [5.74, 6) is -1.12. The van der Waals surface area contributed by atoms with Crippen LogP contribution in [0.3, 0.4) is 0 Å². The largest absolute Gasteiger partial charge is 0.478 e. The van der Waals surface area contributed by atoms with Crippen LogP contribution in [0.4, 0.5) is 9.59 Å². The van der Waals surface area contributed by atoms with Crippen LogP contribution in [-0.2, 0) is 0 Å². The summed E-state index contributed by atoms with van der Waals surface area (Å²) in [4.78, 5) is 50.5. The molecule has 0 unspecified atom stereocenters. The molecule has 2 saturated heterocycles. The molecule has 14 nitrogen and oxygen atoms in total. The highest BCUT2D eigenvalue weighted by Gasteiger charge is 2.37. The molecule has 0 spiro atoms. The minimum Gasteiger partial charge on any atom is -0.478 e. The maximum absolute atomic E-state index is 12.0. The van der Waals surface area contributed by atoms with E-state index in [9.17, 15) is 29.4 Å². The van der Waals surface area contributed by atoms with Gasteiger partial charge in [-0.25, -0.2) is 19.2 Å². The molecule has 0 radical (unpaired) electrons. The zero-order valence-electron chi connectivity index (χ0n) is 27.3. The standard InChI is InChI=1S/2C16H24N4O3/c2*1-10(2)18-16(23)19-7-5-12(6-8-19)20-14(11-3-4-11)13(9-17-20)15(21)22/h2*9-12H,3-8H2,1-2H3,(H,18,23)(H,21,22). The fraction of sp³-hybridized carbons (Fsp3) is 0.688. The SMILES string of the molecule is CC(C)NC(=O)N1CCC(n2ncc(C(=O)O)c2C2CC2)CC1.CC(C)NC(=O)N1CCC(n2ncc(C(=O)O)c2C2CC2)CC1. The van der Waals surface area contributed by atoms with Gasteiger partial charge in [-0.3, -0.25) is 9.36 Å². The van der Waals surface area contributed by atoms with Gasteiger partial charge in [0.25, 0.3) is 0 Å². The van der Waals surface area contributed by atoms with Crippen molar-refractivity contribution in [1.82, 2.24) is 40.0 Å². The monoisotopic (exact) mass is 640 g/mol. The van der Waals surface area contributed by atoms with Gasteiger partial charge in [-0.05, 0) is 79.1 Å². The van der Waals surface area contributed by atoms with Gasteiger partial charge >= 0.3 is 24.0 Å². The van der Waals surface area contributed by atoms with Crippen LogP contribution in [0.2, 0.25) is 0 Å². The number of nitrogens with one attached hydrogen (secondary N) is 2. The van der Waals surface area contributed by atoms with Crippen LogP contribution in [0, 0.1) is 0 Å². The Labute approximate surface area is 269 Å². The van der Waals surface area contributed by atoms with Crippen molar-refractivity contribution in [3.05, 3.63) is 34.9 Å². The van der Waals surface area contributed by atoms with Gasteiger partial charge in [0.2, 0.25) is 0 Å². The smallest absolute Gasteiger partial charge is 0.339 e. The number of piperidine rings is 2. The predicted octanol–water partition coefficient (Wildman–Crippen LogP) is 4.43. The molecule has 14 heteroatoms. The number of rotatable bonds is 8. The van der Waals surface area contributed by atoms with Crippen LogP contribution in [-0.4, -0.2) is 102 Å². The van der Waals surface area contributed by atoms with E-state index in [4.69, 9.17) is 0 Å². The summed E-state index contributed by atoms with van der Waals surface area (Å²) in [6, 6.07) is 0.584. The van der Waals surface area contributed by atoms with Crippen molar-refractivity contribution in [3.8, 4) is 0 Å². The first-order valence-electron chi connectivity index (χ1n) is 16.7. The number of nitrogens with zero attached hydrogens (tertiary/aromatic N) is 6. The fourth-order valence-electron chi connectivity index (χ4n) is 6.49. The Hall–Kier alpha value is -4.10. The lowest BCUT2D eigenvalue weighted by atomic mass is 10.0. The first kappa shape index (κ1) is 33.3. The van der Waals surface area contributed by atoms with Crippen molar-refractivity contribution in [1.29, 1.82) is 0 Å². The molecule has 4 amide bonds. The molecule has 4 heterocycles. The second kappa shape index (κ2) is 14.1. The Bertz CT molecular complexity index is 1300. The lowest BCUT2D eigenvalue weighted by molar-refractivity contribution is 0.0684. The van der Waals surface area contributed by atoms with Crippen molar-refractivity contribution in [2.45, 2.75) is 115 Å². The third-order valence-electron chi connectivity index (χ3n) is 9.08. The fourth-order valence-corrected chi connectivity index (χ4v) is 6.49. The van der Waals surface area contributed by atoms with Crippen LogP contribution in [0.15, 0.2) is 12.4 Å². The molecule has 252 valence electrons. The Morgan fingerprint density at radius 1 is 0.630 bits per heavy atom. The molecule has 2 aromatic heterocycles. The molecular formula is C32H48N8O6. The lowest BCUT2D eigenvalue weighted by Gasteiger charge is -2.33. The summed E-state index contributed by atoms with van der Waals surface area (Å²) < 4.78 is 3.83. The Morgan fingerprint density at radius 2 is 0.957 bits per heavy atom. The number of carbonyl (C=O) groups excluding carboxylic acids is 2. The van der Waals surface area contributed by atoms with E-state index < -0.39 is 11.9 Å². The number of hydrogen-bond donors (Lipinski definition) is 4. The summed E-state index contributed by atoms with van der Waals surface area (Å²) in [5.41, 5.74) is 2.44. The molecule has 2 aliphatic carbocycles. The number of carbonyl (C=O) groups is 4. The third-order valence-corrected chi connectivity index (χ3v) is 9.08. The number of likely N-dealkylation sites (tertiary alicyclic amines) is 2. The van der Waals surface area contributed by atoms with Crippen LogP contribution >= 0.6 is 0 Å². The van der Waals surface area contributed by atoms with Crippen molar-refractivity contribution < 1.29 is 29.4 Å². The second-order valence-corrected chi connectivity index (χ2v) is 13.6. The first-order chi connectivity index (χ1) is 21.9. The highest BCUT2D eigenvalue weighted by Crippen LogP contribution is 2.44. The lowest BCUT2D eigenvalue weighted by Crippen LogP contribution is -2.46. The summed E-state index contributed by atoms with van der Waals surface area (Å²) >= 11 is 0. The molecule has 6 rings (SSSR count). The maximum atomic E-state index is 12.0. The highest BCUT2D eigenvalue weighted by molar-refractivity contribution is 5.89. The minimum absolute atomic E-state index is 0.0208. The van der Waals surface area contributed by atoms with E-state index in [1.54, 1.807) is 0 Å². The normalized spacial score (nSPS) is 19.2. The van der Waals surface area contributed by atoms with Crippen LogP contribution in [0.25, 0.3) is 0 Å². The van der Waals surface area contributed by atoms with E-state index in [0.29, 0.717) is 49.1 Å². The highest BCUT2D eigenvalue weighted by atomic mass is 16.4. The van der Waals surface area contributed by atoms with E-state index in [2.05, 4.69) is 20.8 Å². The van der Waals surface area contributed by atoms with Crippen molar-refractivity contribution in [2.24, 2.45) is 0 Å². The van der Waals surface area contributed by atoms with E-state index >= 15 is 0 Å². The van der Waals surface area contributed by atoms with Gasteiger partial charge in [-0.2, -0.15) is 10.2 Å². The molecule has 4 N–H and O–H groups in total. The molecule has 0 atom stereocenters. The van der Waals surface area contributed by atoms with Crippen LogP contribution in [0.5, 0.6) is 0 Å². The van der Waals surface area contributed by atoms with Crippen molar-refractivity contribution in [2.75, 3.05) is 26.2 Å². The Balaban J connectivity index is 0.000000181. The topological polar surface area (TPSA) is 175 Å². The third kappa shape index (κ3) is 7.81. The Kier molecular flexibility index (Phi) is 10.2. The average Bonchev–Trinajstić information content (AvgIpc) is 3.95. The van der Waals surface area contributed by atoms with Crippen LogP contribution < -0.4 is 10.6 Å². The number of aromatic carboxylic acids is 2. The molecule has 2 aromatic rings. The molecule has 4 fully saturated rings. The summed E-state index contributed by atoms with van der Waals surface area (Å²) in [7, 11) is 0. The minimum atomic E-state index is -0.896. The quantitative estimate of drug-likeness (QED) is 0.328. The van der Waals surface area contributed by atoms with Gasteiger partial charge < -0.3 is 30.6 Å². The zero-order chi connectivity index (χ0) is 33.1. The van der Waals surface area contributed by atoms with Crippen molar-refractivity contribution in [3.63, 3.8) is 0 Å². The Morgan fingerprint density at radius 3 is 1.22 bits per heavy atom. The van der Waals surface area contributed by atoms with E-state index in [0.717, 1.165) is 62.8 Å². The molecule has 46 heavy (non-hydrogen) atoms. The maximum Gasteiger partial charge on any atom is 0.339 e. The van der Waals surface area contributed by atoms with E-state index in [-0.39, 0.29) is 36.2 Å². The molecule has 0 bridgehead atoms. The number of amides is 4. The van der Waals surface area contributed by atoms with Gasteiger partial charge in [0.05, 0.1) is 35.9 Å². The molecule has 0 aromatic carbocycles. The van der Waals surface area contributed by atoms with Crippen molar-refractivity contribution >= 4 is 24.0 Å². The van der Waals surface area contributed by atoms with Gasteiger partial charge in [0.15, 0.2) is 0 Å². The number of aromatic nitrogens is 4. The zero-order valence-corrected chi connectivity index (χ0v) is 27.3. The van der Waals surface area contributed by atoms with E-state index in [1.165, 1.54) is 12.4 Å². The summed E-state index contributed by atoms with van der Waals surface area (Å²) in [6.07, 6.45) is 10.4. The summed E-state index contributed by atoms with van der Waals surface area (Å²) in [5, 5.41) is 33.2. The van der Waals surface area contributed by atoms with Gasteiger partial charge in [-0.15, -0.1) is 0 Å². The summed E-state index contributed by atoms with van der Waals surface area (Å²) in [6.45, 7) is 10.5. The number of carboxylic acid groups (broad SMARTS) is 2. The van der Waals surface area contributed by atoms with Gasteiger partial charge in [-0.1, -0.05) is 0 Å². The average molecular weight is 641 g/mol. The second-order valence-electron chi connectivity index (χ2n) is 13.6. The molecule has 2 saturated carbocycles. The molecule has 4 aliphatic rings. The van der Waals surface area contributed by atoms with Gasteiger partial charge in [0, 0.05) is 50.1 Å². The van der Waals surface area contributed by atoms with Crippen LogP contribution in [0.1, 0.15) is 135 Å². The number of hydrogen-bond acceptors (Lipinski definition) is 6. The number of carboxylic acids is 2. The molecular weight excluding hydrogens is 592 g/mol. The molecule has 2 aliphatic heterocycles. The van der Waals surface area contributed by atoms with E-state index in [1.807, 2.05) is 46.9 Å². The van der Waals surface area contributed by atoms with Gasteiger partial charge in [0.1, 0.15) is 11.1 Å². The number of urea groups is 2. The first-order valence-corrected chi connectivity index (χ1v) is 16.7.